The van der Waals surface area contributed by atoms with Crippen LogP contribution in [-0.4, -0.2) is 26.2 Å². The van der Waals surface area contributed by atoms with Crippen molar-refractivity contribution in [2.24, 2.45) is 0 Å². The van der Waals surface area contributed by atoms with E-state index in [9.17, 15) is 0 Å². The molecule has 0 bridgehead atoms. The van der Waals surface area contributed by atoms with Crippen LogP contribution in [-0.2, 0) is 0 Å². The summed E-state index contributed by atoms with van der Waals surface area (Å²) in [6, 6.07) is 13.3. The lowest BCUT2D eigenvalue weighted by Crippen LogP contribution is -2.26. The van der Waals surface area contributed by atoms with Gasteiger partial charge in [0, 0.05) is 37.6 Å². The molecule has 2 nitrogen and oxygen atoms in total. The second kappa shape index (κ2) is 12.3. The van der Waals surface area contributed by atoms with E-state index in [-0.39, 0.29) is 0 Å². The maximum absolute atomic E-state index is 4.09. The summed E-state index contributed by atoms with van der Waals surface area (Å²) < 4.78 is 0. The van der Waals surface area contributed by atoms with E-state index >= 15 is 0 Å². The molecule has 34 heavy (non-hydrogen) atoms. The second-order valence-corrected chi connectivity index (χ2v) is 9.96. The van der Waals surface area contributed by atoms with Crippen LogP contribution >= 0.6 is 0 Å². The Hall–Kier alpha value is -3.26. The minimum Gasteiger partial charge on any atom is -0.364 e. The van der Waals surface area contributed by atoms with Crippen LogP contribution in [0.3, 0.4) is 0 Å². The van der Waals surface area contributed by atoms with E-state index in [0.717, 1.165) is 48.5 Å². The third kappa shape index (κ3) is 8.26. The highest BCUT2D eigenvalue weighted by atomic mass is 15.1. The van der Waals surface area contributed by atoms with Crippen LogP contribution in [0, 0.1) is 13.8 Å². The topological polar surface area (TPSA) is 6.48 Å². The van der Waals surface area contributed by atoms with Gasteiger partial charge in [-0.15, -0.1) is 0 Å². The number of anilines is 2. The van der Waals surface area contributed by atoms with Crippen molar-refractivity contribution in [3.8, 4) is 0 Å². The Balaban J connectivity index is 2.25. The minimum absolute atomic E-state index is 0.834. The molecule has 0 aromatic heterocycles. The van der Waals surface area contributed by atoms with Gasteiger partial charge in [-0.25, -0.2) is 0 Å². The maximum atomic E-state index is 4.09. The van der Waals surface area contributed by atoms with Crippen LogP contribution in [0.15, 0.2) is 85.0 Å². The van der Waals surface area contributed by atoms with Gasteiger partial charge in [0.25, 0.3) is 0 Å². The summed E-state index contributed by atoms with van der Waals surface area (Å²) in [6.07, 6.45) is 4.42. The molecule has 0 amide bonds. The van der Waals surface area contributed by atoms with Crippen molar-refractivity contribution in [2.45, 2.75) is 41.5 Å². The van der Waals surface area contributed by atoms with Gasteiger partial charge in [0.1, 0.15) is 0 Å². The summed E-state index contributed by atoms with van der Waals surface area (Å²) in [6.45, 7) is 32.3. The van der Waals surface area contributed by atoms with Gasteiger partial charge >= 0.3 is 0 Å². The molecule has 2 heteroatoms. The van der Waals surface area contributed by atoms with E-state index in [0.29, 0.717) is 0 Å². The predicted molar refractivity (Wildman–Crippen MR) is 155 cm³/mol. The Morgan fingerprint density at radius 1 is 0.588 bits per heavy atom. The van der Waals surface area contributed by atoms with Gasteiger partial charge < -0.3 is 9.80 Å². The lowest BCUT2D eigenvalue weighted by molar-refractivity contribution is 0.894. The number of aryl methyl sites for hydroxylation is 2. The summed E-state index contributed by atoms with van der Waals surface area (Å²) in [5, 5.41) is 0. The zero-order valence-electron chi connectivity index (χ0n) is 22.2. The first-order chi connectivity index (χ1) is 16.0. The zero-order chi connectivity index (χ0) is 25.4. The summed E-state index contributed by atoms with van der Waals surface area (Å²) in [7, 11) is 0. The number of benzene rings is 2. The number of nitrogens with zero attached hydrogens (tertiary/aromatic N) is 2. The van der Waals surface area contributed by atoms with E-state index in [1.807, 2.05) is 0 Å². The first kappa shape index (κ1) is 27.0. The summed E-state index contributed by atoms with van der Waals surface area (Å²) in [4.78, 5) is 4.66. The standard InChI is InChI=1S/C32H42N2/c1-23(2)19-33(20-24(3)4)31-15-13-29(27(9)17-31)11-12-30-14-16-32(18-28(30)10)34(21-25(5)6)22-26(7)8/h11-18H,1,3,5,7,19-22H2,2,4,6,8-10H3. The molecule has 0 heterocycles. The molecule has 2 aromatic carbocycles. The van der Waals surface area contributed by atoms with E-state index < -0.39 is 0 Å². The minimum atomic E-state index is 0.834. The fourth-order valence-corrected chi connectivity index (χ4v) is 4.05. The van der Waals surface area contributed by atoms with E-state index in [4.69, 9.17) is 0 Å². The predicted octanol–water partition coefficient (Wildman–Crippen LogP) is 8.39. The molecule has 0 fully saturated rings. The number of hydrogen-bond acceptors (Lipinski definition) is 2. The highest BCUT2D eigenvalue weighted by Gasteiger charge is 2.10. The number of rotatable bonds is 12. The van der Waals surface area contributed by atoms with E-state index in [1.54, 1.807) is 0 Å². The molecule has 0 aliphatic heterocycles. The van der Waals surface area contributed by atoms with E-state index in [1.165, 1.54) is 33.6 Å². The molecule has 0 aliphatic rings. The Kier molecular flexibility index (Phi) is 9.74. The Bertz CT molecular complexity index is 980. The van der Waals surface area contributed by atoms with Crippen molar-refractivity contribution < 1.29 is 0 Å². The third-order valence-electron chi connectivity index (χ3n) is 5.52. The van der Waals surface area contributed by atoms with Gasteiger partial charge in [0.05, 0.1) is 0 Å². The molecule has 180 valence electrons. The summed E-state index contributed by atoms with van der Waals surface area (Å²) in [5.74, 6) is 0. The van der Waals surface area contributed by atoms with Gasteiger partial charge in [-0.2, -0.15) is 0 Å². The molecule has 0 aliphatic carbocycles. The molecule has 0 spiro atoms. The van der Waals surface area contributed by atoms with Gasteiger partial charge in [-0.1, -0.05) is 72.9 Å². The average molecular weight is 455 g/mol. The fourth-order valence-electron chi connectivity index (χ4n) is 4.05. The lowest BCUT2D eigenvalue weighted by atomic mass is 10.0. The van der Waals surface area contributed by atoms with Crippen LogP contribution in [0.4, 0.5) is 11.4 Å². The molecule has 0 N–H and O–H groups in total. The highest BCUT2D eigenvalue weighted by molar-refractivity contribution is 5.74. The zero-order valence-corrected chi connectivity index (χ0v) is 22.2. The van der Waals surface area contributed by atoms with Crippen molar-refractivity contribution in [3.63, 3.8) is 0 Å². The summed E-state index contributed by atoms with van der Waals surface area (Å²) >= 11 is 0. The summed E-state index contributed by atoms with van der Waals surface area (Å²) in [5.41, 5.74) is 12.0. The first-order valence-corrected chi connectivity index (χ1v) is 11.9. The molecule has 0 atom stereocenters. The normalized spacial score (nSPS) is 10.9. The fraction of sp³-hybridized carbons (Fsp3) is 0.312. The molecule has 0 saturated carbocycles. The van der Waals surface area contributed by atoms with Crippen molar-refractivity contribution in [1.29, 1.82) is 0 Å². The van der Waals surface area contributed by atoms with E-state index in [2.05, 4.69) is 126 Å². The van der Waals surface area contributed by atoms with Crippen LogP contribution in [0.25, 0.3) is 12.2 Å². The highest BCUT2D eigenvalue weighted by Crippen LogP contribution is 2.25. The van der Waals surface area contributed by atoms with Crippen molar-refractivity contribution in [1.82, 2.24) is 0 Å². The second-order valence-electron chi connectivity index (χ2n) is 9.96. The SMILES string of the molecule is C=C(C)CN(CC(=C)C)c1ccc(C=Cc2ccc(N(CC(=C)C)CC(=C)C)cc2C)c(C)c1. The Morgan fingerprint density at radius 3 is 1.12 bits per heavy atom. The number of hydrogen-bond donors (Lipinski definition) is 0. The third-order valence-corrected chi connectivity index (χ3v) is 5.52. The quantitative estimate of drug-likeness (QED) is 0.235. The average Bonchev–Trinajstić information content (AvgIpc) is 2.71. The van der Waals surface area contributed by atoms with Crippen molar-refractivity contribution in [3.05, 3.63) is 107 Å². The molecule has 0 saturated heterocycles. The monoisotopic (exact) mass is 454 g/mol. The van der Waals surface area contributed by atoms with Crippen LogP contribution in [0.2, 0.25) is 0 Å². The largest absolute Gasteiger partial charge is 0.364 e. The first-order valence-electron chi connectivity index (χ1n) is 11.9. The molecular formula is C32H42N2. The molecule has 0 unspecified atom stereocenters. The smallest absolute Gasteiger partial charge is 0.0387 e. The van der Waals surface area contributed by atoms with Crippen molar-refractivity contribution >= 4 is 23.5 Å². The Morgan fingerprint density at radius 2 is 0.882 bits per heavy atom. The maximum Gasteiger partial charge on any atom is 0.0387 e. The van der Waals surface area contributed by atoms with Crippen LogP contribution < -0.4 is 9.80 Å². The van der Waals surface area contributed by atoms with Gasteiger partial charge in [0.15, 0.2) is 0 Å². The lowest BCUT2D eigenvalue weighted by Gasteiger charge is -2.26. The van der Waals surface area contributed by atoms with Gasteiger partial charge in [-0.05, 0) is 88.1 Å². The molecule has 2 aromatic rings. The van der Waals surface area contributed by atoms with Crippen molar-refractivity contribution in [2.75, 3.05) is 36.0 Å². The van der Waals surface area contributed by atoms with Gasteiger partial charge in [0.2, 0.25) is 0 Å². The molecule has 2 rings (SSSR count). The van der Waals surface area contributed by atoms with Crippen LogP contribution in [0.1, 0.15) is 49.9 Å². The Labute approximate surface area is 208 Å². The molecular weight excluding hydrogens is 412 g/mol. The molecule has 0 radical (unpaired) electrons. The van der Waals surface area contributed by atoms with Gasteiger partial charge in [-0.3, -0.25) is 0 Å². The van der Waals surface area contributed by atoms with Crippen LogP contribution in [0.5, 0.6) is 0 Å².